The summed E-state index contributed by atoms with van der Waals surface area (Å²) in [7, 11) is 1.82. The van der Waals surface area contributed by atoms with E-state index in [4.69, 9.17) is 0 Å². The van der Waals surface area contributed by atoms with E-state index in [2.05, 4.69) is 60.4 Å². The van der Waals surface area contributed by atoms with Gasteiger partial charge in [0.1, 0.15) is 0 Å². The summed E-state index contributed by atoms with van der Waals surface area (Å²) in [6.45, 7) is 12.7. The molecule has 1 rings (SSSR count). The number of nitrogens with zero attached hydrogens (tertiary/aromatic N) is 2. The summed E-state index contributed by atoms with van der Waals surface area (Å²) in [6.07, 6.45) is 0. The van der Waals surface area contributed by atoms with Crippen LogP contribution in [0.4, 0.5) is 0 Å². The van der Waals surface area contributed by atoms with Gasteiger partial charge in [0.25, 0.3) is 0 Å². The lowest BCUT2D eigenvalue weighted by atomic mass is 10.3. The average molecular weight is 424 g/mol. The molecule has 122 valence electrons. The van der Waals surface area contributed by atoms with Crippen LogP contribution in [0.1, 0.15) is 30.5 Å². The molecule has 0 aliphatic rings. The van der Waals surface area contributed by atoms with E-state index in [9.17, 15) is 0 Å². The third-order valence-electron chi connectivity index (χ3n) is 3.45. The highest BCUT2D eigenvalue weighted by atomic mass is 127. The molecule has 1 atom stereocenters. The fourth-order valence-electron chi connectivity index (χ4n) is 2.19. The van der Waals surface area contributed by atoms with Crippen LogP contribution in [0, 0.1) is 6.92 Å². The second-order valence-electron chi connectivity index (χ2n) is 4.89. The third-order valence-corrected chi connectivity index (χ3v) is 4.45. The SMILES string of the molecule is CCN(CC)C(C)CNC(=NC)NCc1ccc(C)s1.I. The van der Waals surface area contributed by atoms with E-state index < -0.39 is 0 Å². The smallest absolute Gasteiger partial charge is 0.191 e. The molecule has 1 heterocycles. The summed E-state index contributed by atoms with van der Waals surface area (Å²) in [5.74, 6) is 0.870. The molecule has 0 saturated heterocycles. The number of nitrogens with one attached hydrogen (secondary N) is 2. The first-order chi connectivity index (χ1) is 9.60. The highest BCUT2D eigenvalue weighted by Gasteiger charge is 2.10. The van der Waals surface area contributed by atoms with Crippen molar-refractivity contribution in [3.05, 3.63) is 21.9 Å². The van der Waals surface area contributed by atoms with Gasteiger partial charge in [-0.3, -0.25) is 9.89 Å². The van der Waals surface area contributed by atoms with Crippen LogP contribution in [0.25, 0.3) is 0 Å². The Kier molecular flexibility index (Phi) is 11.1. The molecule has 1 aromatic rings. The van der Waals surface area contributed by atoms with Crippen molar-refractivity contribution in [2.45, 2.75) is 40.3 Å². The largest absolute Gasteiger partial charge is 0.355 e. The number of aryl methyl sites for hydroxylation is 1. The fraction of sp³-hybridized carbons (Fsp3) is 0.667. The van der Waals surface area contributed by atoms with Crippen molar-refractivity contribution in [3.8, 4) is 0 Å². The molecule has 0 aliphatic carbocycles. The molecule has 1 aromatic heterocycles. The van der Waals surface area contributed by atoms with Crippen molar-refractivity contribution in [3.63, 3.8) is 0 Å². The van der Waals surface area contributed by atoms with E-state index in [1.807, 2.05) is 18.4 Å². The van der Waals surface area contributed by atoms with Gasteiger partial charge in [0.15, 0.2) is 5.96 Å². The number of hydrogen-bond donors (Lipinski definition) is 2. The first-order valence-corrected chi connectivity index (χ1v) is 8.16. The normalized spacial score (nSPS) is 13.0. The molecule has 0 bridgehead atoms. The lowest BCUT2D eigenvalue weighted by Gasteiger charge is -2.27. The van der Waals surface area contributed by atoms with Crippen LogP contribution >= 0.6 is 35.3 Å². The molecular formula is C15H29IN4S. The molecule has 1 unspecified atom stereocenters. The Bertz CT molecular complexity index is 416. The van der Waals surface area contributed by atoms with Gasteiger partial charge in [-0.05, 0) is 39.1 Å². The number of thiophene rings is 1. The molecule has 21 heavy (non-hydrogen) atoms. The van der Waals surface area contributed by atoms with Crippen LogP contribution in [0.15, 0.2) is 17.1 Å². The van der Waals surface area contributed by atoms with Gasteiger partial charge in [-0.1, -0.05) is 13.8 Å². The van der Waals surface area contributed by atoms with Crippen LogP contribution in [0.3, 0.4) is 0 Å². The van der Waals surface area contributed by atoms with Gasteiger partial charge in [0.05, 0.1) is 6.54 Å². The zero-order valence-electron chi connectivity index (χ0n) is 13.8. The second kappa shape index (κ2) is 11.3. The van der Waals surface area contributed by atoms with Gasteiger partial charge < -0.3 is 10.6 Å². The molecule has 0 fully saturated rings. The summed E-state index contributed by atoms with van der Waals surface area (Å²) in [6, 6.07) is 4.83. The Morgan fingerprint density at radius 2 is 1.95 bits per heavy atom. The van der Waals surface area contributed by atoms with Crippen molar-refractivity contribution in [2.75, 3.05) is 26.7 Å². The van der Waals surface area contributed by atoms with Gasteiger partial charge in [-0.25, -0.2) is 0 Å². The molecule has 0 radical (unpaired) electrons. The number of rotatable bonds is 7. The monoisotopic (exact) mass is 424 g/mol. The van der Waals surface area contributed by atoms with Gasteiger partial charge in [-0.2, -0.15) is 0 Å². The fourth-order valence-corrected chi connectivity index (χ4v) is 3.02. The maximum atomic E-state index is 4.27. The summed E-state index contributed by atoms with van der Waals surface area (Å²) >= 11 is 1.82. The molecule has 0 aromatic carbocycles. The van der Waals surface area contributed by atoms with E-state index in [0.29, 0.717) is 6.04 Å². The van der Waals surface area contributed by atoms with Gasteiger partial charge in [-0.15, -0.1) is 35.3 Å². The summed E-state index contributed by atoms with van der Waals surface area (Å²) in [4.78, 5) is 9.39. The van der Waals surface area contributed by atoms with E-state index in [1.165, 1.54) is 9.75 Å². The van der Waals surface area contributed by atoms with Crippen LogP contribution < -0.4 is 10.6 Å². The maximum Gasteiger partial charge on any atom is 0.191 e. The first kappa shape index (κ1) is 20.7. The van der Waals surface area contributed by atoms with Gasteiger partial charge >= 0.3 is 0 Å². The second-order valence-corrected chi connectivity index (χ2v) is 6.26. The molecule has 0 aliphatic heterocycles. The van der Waals surface area contributed by atoms with Gasteiger partial charge in [0.2, 0.25) is 0 Å². The predicted molar refractivity (Wildman–Crippen MR) is 105 cm³/mol. The molecule has 0 saturated carbocycles. The minimum atomic E-state index is 0. The number of guanidine groups is 1. The average Bonchev–Trinajstić information content (AvgIpc) is 2.86. The van der Waals surface area contributed by atoms with E-state index in [-0.39, 0.29) is 24.0 Å². The summed E-state index contributed by atoms with van der Waals surface area (Å²) in [5, 5.41) is 6.76. The minimum absolute atomic E-state index is 0. The van der Waals surface area contributed by atoms with Crippen LogP contribution in [-0.2, 0) is 6.54 Å². The lowest BCUT2D eigenvalue weighted by molar-refractivity contribution is 0.231. The zero-order chi connectivity index (χ0) is 15.0. The molecular weight excluding hydrogens is 395 g/mol. The van der Waals surface area contributed by atoms with Crippen molar-refractivity contribution in [1.82, 2.24) is 15.5 Å². The van der Waals surface area contributed by atoms with Crippen molar-refractivity contribution in [2.24, 2.45) is 4.99 Å². The predicted octanol–water partition coefficient (Wildman–Crippen LogP) is 3.07. The van der Waals surface area contributed by atoms with Crippen molar-refractivity contribution in [1.29, 1.82) is 0 Å². The Labute approximate surface area is 150 Å². The van der Waals surface area contributed by atoms with Crippen LogP contribution in [-0.4, -0.2) is 43.6 Å². The standard InChI is InChI=1S/C15H28N4S.HI/c1-6-19(7-2)12(3)10-17-15(16-5)18-11-14-9-8-13(4)20-14;/h8-9,12H,6-7,10-11H2,1-5H3,(H2,16,17,18);1H. The minimum Gasteiger partial charge on any atom is -0.355 e. The topological polar surface area (TPSA) is 39.7 Å². The Morgan fingerprint density at radius 1 is 1.29 bits per heavy atom. The number of aliphatic imine (C=N–C) groups is 1. The van der Waals surface area contributed by atoms with Gasteiger partial charge in [0, 0.05) is 29.4 Å². The molecule has 4 nitrogen and oxygen atoms in total. The molecule has 6 heteroatoms. The van der Waals surface area contributed by atoms with Crippen molar-refractivity contribution < 1.29 is 0 Å². The maximum absolute atomic E-state index is 4.27. The molecule has 0 amide bonds. The van der Waals surface area contributed by atoms with Crippen molar-refractivity contribution >= 4 is 41.3 Å². The Balaban J connectivity index is 0.00000400. The zero-order valence-corrected chi connectivity index (χ0v) is 16.9. The van der Waals surface area contributed by atoms with E-state index >= 15 is 0 Å². The summed E-state index contributed by atoms with van der Waals surface area (Å²) in [5.41, 5.74) is 0. The van der Waals surface area contributed by atoms with E-state index in [0.717, 1.165) is 32.1 Å². The third kappa shape index (κ3) is 7.46. The van der Waals surface area contributed by atoms with Crippen LogP contribution in [0.5, 0.6) is 0 Å². The van der Waals surface area contributed by atoms with E-state index in [1.54, 1.807) is 0 Å². The number of hydrogen-bond acceptors (Lipinski definition) is 3. The highest BCUT2D eigenvalue weighted by Crippen LogP contribution is 2.14. The summed E-state index contributed by atoms with van der Waals surface area (Å²) < 4.78 is 0. The first-order valence-electron chi connectivity index (χ1n) is 7.34. The number of halogens is 1. The molecule has 0 spiro atoms. The van der Waals surface area contributed by atoms with Crippen LogP contribution in [0.2, 0.25) is 0 Å². The Hall–Kier alpha value is -0.340. The molecule has 2 N–H and O–H groups in total. The highest BCUT2D eigenvalue weighted by molar-refractivity contribution is 14.0. The number of likely N-dealkylation sites (N-methyl/N-ethyl adjacent to an activating group) is 1. The lowest BCUT2D eigenvalue weighted by Crippen LogP contribution is -2.45. The Morgan fingerprint density at radius 3 is 2.43 bits per heavy atom. The quantitative estimate of drug-likeness (QED) is 0.402.